The van der Waals surface area contributed by atoms with Crippen LogP contribution in [0.2, 0.25) is 0 Å². The van der Waals surface area contributed by atoms with Crippen LogP contribution in [0.15, 0.2) is 22.7 Å². The molecule has 108 valence electrons. The Balaban J connectivity index is 2.33. The van der Waals surface area contributed by atoms with Gasteiger partial charge in [0.15, 0.2) is 0 Å². The fraction of sp³-hybridized carbons (Fsp3) is 0.500. The van der Waals surface area contributed by atoms with E-state index >= 15 is 0 Å². The Kier molecular flexibility index (Phi) is 6.22. The normalized spacial score (nSPS) is 13.6. The highest BCUT2D eigenvalue weighted by molar-refractivity contribution is 9.10. The second kappa shape index (κ2) is 7.21. The Bertz CT molecular complexity index is 391. The molecule has 2 nitrogen and oxygen atoms in total. The fourth-order valence-corrected chi connectivity index (χ4v) is 2.07. The van der Waals surface area contributed by atoms with Crippen molar-refractivity contribution >= 4 is 15.9 Å². The first-order valence-corrected chi connectivity index (χ1v) is 6.40. The number of halogens is 5. The Morgan fingerprint density at radius 3 is 2.53 bits per heavy atom. The van der Waals surface area contributed by atoms with Gasteiger partial charge in [-0.1, -0.05) is 15.9 Å². The molecule has 1 atom stereocenters. The van der Waals surface area contributed by atoms with Crippen molar-refractivity contribution in [1.29, 1.82) is 0 Å². The highest BCUT2D eigenvalue weighted by Crippen LogP contribution is 2.17. The quantitative estimate of drug-likeness (QED) is 0.634. The molecule has 0 saturated carbocycles. The molecular formula is C12H14BrF4NO. The van der Waals surface area contributed by atoms with Gasteiger partial charge in [-0.15, -0.1) is 0 Å². The maximum Gasteiger partial charge on any atom is 0.411 e. The van der Waals surface area contributed by atoms with Crippen molar-refractivity contribution in [2.75, 3.05) is 13.2 Å². The summed E-state index contributed by atoms with van der Waals surface area (Å²) in [7, 11) is 0. The summed E-state index contributed by atoms with van der Waals surface area (Å²) in [6.45, 7) is -1.34. The van der Waals surface area contributed by atoms with Crippen molar-refractivity contribution in [3.05, 3.63) is 34.1 Å². The lowest BCUT2D eigenvalue weighted by molar-refractivity contribution is -0.174. The first-order chi connectivity index (χ1) is 8.76. The molecule has 0 aliphatic carbocycles. The molecule has 19 heavy (non-hydrogen) atoms. The van der Waals surface area contributed by atoms with Gasteiger partial charge < -0.3 is 10.5 Å². The third kappa shape index (κ3) is 7.49. The van der Waals surface area contributed by atoms with Crippen molar-refractivity contribution in [3.63, 3.8) is 0 Å². The molecule has 0 bridgehead atoms. The zero-order chi connectivity index (χ0) is 14.5. The van der Waals surface area contributed by atoms with Gasteiger partial charge in [0.1, 0.15) is 12.4 Å². The molecule has 0 aromatic heterocycles. The zero-order valence-corrected chi connectivity index (χ0v) is 11.6. The van der Waals surface area contributed by atoms with E-state index in [2.05, 4.69) is 20.7 Å². The molecule has 0 heterocycles. The van der Waals surface area contributed by atoms with Crippen molar-refractivity contribution in [1.82, 2.24) is 0 Å². The molecule has 2 N–H and O–H groups in total. The molecule has 0 spiro atoms. The Hall–Kier alpha value is -0.660. The number of benzene rings is 1. The molecule has 1 aromatic carbocycles. The molecule has 0 aliphatic rings. The van der Waals surface area contributed by atoms with Gasteiger partial charge in [-0.2, -0.15) is 13.2 Å². The van der Waals surface area contributed by atoms with E-state index in [0.717, 1.165) is 0 Å². The minimum absolute atomic E-state index is 0.0723. The van der Waals surface area contributed by atoms with Gasteiger partial charge in [0, 0.05) is 17.1 Å². The lowest BCUT2D eigenvalue weighted by atomic mass is 10.0. The van der Waals surface area contributed by atoms with Crippen LogP contribution in [0.5, 0.6) is 0 Å². The molecular weight excluding hydrogens is 330 g/mol. The van der Waals surface area contributed by atoms with E-state index in [1.165, 1.54) is 12.1 Å². The molecule has 0 aliphatic heterocycles. The van der Waals surface area contributed by atoms with E-state index in [-0.39, 0.29) is 24.9 Å². The van der Waals surface area contributed by atoms with Crippen LogP contribution in [-0.2, 0) is 11.2 Å². The van der Waals surface area contributed by atoms with E-state index in [1.807, 2.05) is 0 Å². The average molecular weight is 344 g/mol. The Morgan fingerprint density at radius 2 is 1.95 bits per heavy atom. The van der Waals surface area contributed by atoms with Crippen LogP contribution in [-0.4, -0.2) is 25.4 Å². The summed E-state index contributed by atoms with van der Waals surface area (Å²) >= 11 is 3.16. The van der Waals surface area contributed by atoms with Gasteiger partial charge in [0.2, 0.25) is 0 Å². The lowest BCUT2D eigenvalue weighted by Crippen LogP contribution is -2.26. The van der Waals surface area contributed by atoms with Crippen molar-refractivity contribution < 1.29 is 22.3 Å². The molecule has 1 unspecified atom stereocenters. The van der Waals surface area contributed by atoms with E-state index in [1.54, 1.807) is 6.07 Å². The van der Waals surface area contributed by atoms with Crippen LogP contribution >= 0.6 is 15.9 Å². The second-order valence-corrected chi connectivity index (χ2v) is 5.11. The highest BCUT2D eigenvalue weighted by atomic mass is 79.9. The van der Waals surface area contributed by atoms with E-state index < -0.39 is 12.8 Å². The van der Waals surface area contributed by atoms with Crippen molar-refractivity contribution in [3.8, 4) is 0 Å². The van der Waals surface area contributed by atoms with Crippen molar-refractivity contribution in [2.24, 2.45) is 5.73 Å². The summed E-state index contributed by atoms with van der Waals surface area (Å²) in [6.07, 6.45) is -3.66. The topological polar surface area (TPSA) is 35.2 Å². The summed E-state index contributed by atoms with van der Waals surface area (Å²) in [5, 5.41) is 0. The van der Waals surface area contributed by atoms with Gasteiger partial charge in [-0.3, -0.25) is 0 Å². The predicted molar refractivity (Wildman–Crippen MR) is 67.3 cm³/mol. The molecule has 1 rings (SSSR count). The zero-order valence-electron chi connectivity index (χ0n) is 10.0. The molecule has 0 fully saturated rings. The summed E-state index contributed by atoms with van der Waals surface area (Å²) < 4.78 is 53.6. The van der Waals surface area contributed by atoms with E-state index in [0.29, 0.717) is 16.5 Å². The van der Waals surface area contributed by atoms with Gasteiger partial charge in [-0.25, -0.2) is 4.39 Å². The van der Waals surface area contributed by atoms with Crippen LogP contribution < -0.4 is 5.73 Å². The molecule has 0 radical (unpaired) electrons. The third-order valence-electron chi connectivity index (χ3n) is 2.32. The monoisotopic (exact) mass is 343 g/mol. The van der Waals surface area contributed by atoms with Crippen LogP contribution in [0.4, 0.5) is 17.6 Å². The number of alkyl halides is 3. The Labute approximate surface area is 117 Å². The maximum atomic E-state index is 13.1. The minimum atomic E-state index is -4.32. The first kappa shape index (κ1) is 16.4. The van der Waals surface area contributed by atoms with E-state index in [9.17, 15) is 17.6 Å². The maximum absolute atomic E-state index is 13.1. The number of hydrogen-bond acceptors (Lipinski definition) is 2. The van der Waals surface area contributed by atoms with Gasteiger partial charge in [0.25, 0.3) is 0 Å². The molecule has 1 aromatic rings. The fourth-order valence-electron chi connectivity index (χ4n) is 1.56. The van der Waals surface area contributed by atoms with Gasteiger partial charge in [-0.05, 0) is 36.6 Å². The van der Waals surface area contributed by atoms with Crippen LogP contribution in [0, 0.1) is 5.82 Å². The standard InChI is InChI=1S/C12H14BrF4NO/c13-9-3-8(4-10(14)6-9)5-11(18)1-2-19-7-12(15,16)17/h3-4,6,11H,1-2,5,7,18H2. The summed E-state index contributed by atoms with van der Waals surface area (Å²) in [5.74, 6) is -0.384. The highest BCUT2D eigenvalue weighted by Gasteiger charge is 2.27. The molecule has 0 saturated heterocycles. The summed E-state index contributed by atoms with van der Waals surface area (Å²) in [6, 6.07) is 4.02. The largest absolute Gasteiger partial charge is 0.411 e. The van der Waals surface area contributed by atoms with Crippen LogP contribution in [0.25, 0.3) is 0 Å². The second-order valence-electron chi connectivity index (χ2n) is 4.20. The summed E-state index contributed by atoms with van der Waals surface area (Å²) in [4.78, 5) is 0. The van der Waals surface area contributed by atoms with Crippen molar-refractivity contribution in [2.45, 2.75) is 25.1 Å². The number of ether oxygens (including phenoxy) is 1. The SMILES string of the molecule is NC(CCOCC(F)(F)F)Cc1cc(F)cc(Br)c1. The lowest BCUT2D eigenvalue weighted by Gasteiger charge is -2.13. The third-order valence-corrected chi connectivity index (χ3v) is 2.78. The number of nitrogens with two attached hydrogens (primary N) is 1. The molecule has 0 amide bonds. The number of rotatable bonds is 6. The average Bonchev–Trinajstić information content (AvgIpc) is 2.21. The summed E-state index contributed by atoms with van der Waals surface area (Å²) in [5.41, 5.74) is 6.45. The smallest absolute Gasteiger partial charge is 0.372 e. The minimum Gasteiger partial charge on any atom is -0.372 e. The Morgan fingerprint density at radius 1 is 1.26 bits per heavy atom. The van der Waals surface area contributed by atoms with Gasteiger partial charge in [0.05, 0.1) is 0 Å². The predicted octanol–water partition coefficient (Wildman–Crippen LogP) is 3.43. The first-order valence-electron chi connectivity index (χ1n) is 5.61. The van der Waals surface area contributed by atoms with Gasteiger partial charge >= 0.3 is 6.18 Å². The van der Waals surface area contributed by atoms with Crippen LogP contribution in [0.1, 0.15) is 12.0 Å². The molecule has 7 heteroatoms. The number of hydrogen-bond donors (Lipinski definition) is 1. The van der Waals surface area contributed by atoms with Crippen LogP contribution in [0.3, 0.4) is 0 Å². The van der Waals surface area contributed by atoms with E-state index in [4.69, 9.17) is 5.73 Å².